The number of ether oxygens (including phenoxy) is 2. The first-order chi connectivity index (χ1) is 17.6. The third-order valence-electron chi connectivity index (χ3n) is 8.13. The zero-order chi connectivity index (χ0) is 25.1. The number of methoxy groups -OCH3 is 1. The smallest absolute Gasteiger partial charge is 0.250 e. The maximum atomic E-state index is 14.3. The van der Waals surface area contributed by atoms with Gasteiger partial charge >= 0.3 is 0 Å². The molecule has 2 fully saturated rings. The van der Waals surface area contributed by atoms with Gasteiger partial charge in [-0.3, -0.25) is 9.59 Å². The second kappa shape index (κ2) is 10.9. The highest BCUT2D eigenvalue weighted by Crippen LogP contribution is 2.43. The molecular weight excluding hydrogens is 452 g/mol. The van der Waals surface area contributed by atoms with Crippen LogP contribution in [0.5, 0.6) is 11.5 Å². The second-order valence-electron chi connectivity index (χ2n) is 10.3. The molecule has 1 saturated carbocycles. The molecule has 1 aliphatic heterocycles. The first-order valence-electron chi connectivity index (χ1n) is 13.6. The van der Waals surface area contributed by atoms with E-state index in [-0.39, 0.29) is 30.4 Å². The summed E-state index contributed by atoms with van der Waals surface area (Å²) in [5.74, 6) is 1.31. The Labute approximate surface area is 214 Å². The molecular formula is C30H38N2O4. The molecule has 36 heavy (non-hydrogen) atoms. The van der Waals surface area contributed by atoms with Crippen molar-refractivity contribution in [3.63, 3.8) is 0 Å². The van der Waals surface area contributed by atoms with Gasteiger partial charge in [-0.25, -0.2) is 0 Å². The first-order valence-corrected chi connectivity index (χ1v) is 13.6. The Morgan fingerprint density at radius 2 is 1.69 bits per heavy atom. The summed E-state index contributed by atoms with van der Waals surface area (Å²) in [4.78, 5) is 32.1. The molecule has 2 aromatic carbocycles. The van der Waals surface area contributed by atoms with Gasteiger partial charge in [-0.15, -0.1) is 0 Å². The molecule has 0 radical (unpaired) electrons. The number of fused-ring (bicyclic) bond motifs is 1. The predicted molar refractivity (Wildman–Crippen MR) is 139 cm³/mol. The van der Waals surface area contributed by atoms with Crippen molar-refractivity contribution < 1.29 is 19.1 Å². The van der Waals surface area contributed by atoms with Crippen LogP contribution in [-0.4, -0.2) is 47.9 Å². The molecule has 0 spiro atoms. The zero-order valence-electron chi connectivity index (χ0n) is 21.6. The van der Waals surface area contributed by atoms with Crippen molar-refractivity contribution in [2.45, 2.75) is 82.8 Å². The summed E-state index contributed by atoms with van der Waals surface area (Å²) in [5.41, 5.74) is 3.24. The van der Waals surface area contributed by atoms with Crippen molar-refractivity contribution in [3.05, 3.63) is 59.2 Å². The SMILES string of the molecule is CCOc1ccc([C@@H]2C(=O)N(C3CCCCCC3)CC(=O)N2[C@@H]2CCCc3ccccc32)cc1OC. The molecule has 1 saturated heterocycles. The van der Waals surface area contributed by atoms with Crippen LogP contribution in [0.4, 0.5) is 0 Å². The maximum absolute atomic E-state index is 14.3. The van der Waals surface area contributed by atoms with Gasteiger partial charge in [0.05, 0.1) is 19.8 Å². The van der Waals surface area contributed by atoms with E-state index in [1.54, 1.807) is 7.11 Å². The van der Waals surface area contributed by atoms with E-state index in [0.29, 0.717) is 18.1 Å². The summed E-state index contributed by atoms with van der Waals surface area (Å²) in [6, 6.07) is 13.4. The van der Waals surface area contributed by atoms with Crippen LogP contribution in [0.2, 0.25) is 0 Å². The lowest BCUT2D eigenvalue weighted by Gasteiger charge is -2.47. The lowest BCUT2D eigenvalue weighted by Crippen LogP contribution is -2.59. The number of rotatable bonds is 6. The molecule has 6 heteroatoms. The fraction of sp³-hybridized carbons (Fsp3) is 0.533. The molecule has 1 heterocycles. The Hall–Kier alpha value is -3.02. The minimum Gasteiger partial charge on any atom is -0.493 e. The van der Waals surface area contributed by atoms with E-state index in [1.807, 2.05) is 41.0 Å². The molecule has 6 nitrogen and oxygen atoms in total. The topological polar surface area (TPSA) is 59.1 Å². The average Bonchev–Trinajstić information content (AvgIpc) is 3.19. The van der Waals surface area contributed by atoms with Gasteiger partial charge in [0, 0.05) is 6.04 Å². The highest BCUT2D eigenvalue weighted by atomic mass is 16.5. The van der Waals surface area contributed by atoms with Crippen molar-refractivity contribution in [3.8, 4) is 11.5 Å². The Morgan fingerprint density at radius 1 is 0.917 bits per heavy atom. The van der Waals surface area contributed by atoms with Gasteiger partial charge in [-0.2, -0.15) is 0 Å². The molecule has 0 N–H and O–H groups in total. The van der Waals surface area contributed by atoms with Crippen LogP contribution in [0.25, 0.3) is 0 Å². The monoisotopic (exact) mass is 490 g/mol. The number of amides is 2. The number of hydrogen-bond acceptors (Lipinski definition) is 4. The molecule has 2 amide bonds. The number of benzene rings is 2. The fourth-order valence-electron chi connectivity index (χ4n) is 6.41. The summed E-state index contributed by atoms with van der Waals surface area (Å²) in [5, 5.41) is 0. The quantitative estimate of drug-likeness (QED) is 0.494. The lowest BCUT2D eigenvalue weighted by atomic mass is 9.84. The molecule has 192 valence electrons. The number of carbonyl (C=O) groups excluding carboxylic acids is 2. The molecule has 2 aromatic rings. The lowest BCUT2D eigenvalue weighted by molar-refractivity contribution is -0.162. The highest BCUT2D eigenvalue weighted by Gasteiger charge is 2.46. The van der Waals surface area contributed by atoms with Crippen molar-refractivity contribution >= 4 is 11.8 Å². The molecule has 5 rings (SSSR count). The molecule has 3 aliphatic rings. The van der Waals surface area contributed by atoms with Gasteiger partial charge in [0.15, 0.2) is 11.5 Å². The molecule has 0 aromatic heterocycles. The van der Waals surface area contributed by atoms with E-state index in [0.717, 1.165) is 50.5 Å². The van der Waals surface area contributed by atoms with E-state index in [2.05, 4.69) is 18.2 Å². The first kappa shape index (κ1) is 24.7. The fourth-order valence-corrected chi connectivity index (χ4v) is 6.41. The van der Waals surface area contributed by atoms with Crippen molar-refractivity contribution in [1.29, 1.82) is 0 Å². The normalized spacial score (nSPS) is 23.3. The largest absolute Gasteiger partial charge is 0.493 e. The average molecular weight is 491 g/mol. The van der Waals surface area contributed by atoms with Gasteiger partial charge in [0.2, 0.25) is 5.91 Å². The van der Waals surface area contributed by atoms with Gasteiger partial charge in [-0.05, 0) is 67.9 Å². The van der Waals surface area contributed by atoms with Crippen molar-refractivity contribution in [1.82, 2.24) is 9.80 Å². The number of piperazine rings is 1. The van der Waals surface area contributed by atoms with E-state index in [4.69, 9.17) is 9.47 Å². The van der Waals surface area contributed by atoms with Gasteiger partial charge in [0.1, 0.15) is 12.6 Å². The van der Waals surface area contributed by atoms with E-state index >= 15 is 0 Å². The molecule has 2 atom stereocenters. The Balaban J connectivity index is 1.57. The van der Waals surface area contributed by atoms with Crippen LogP contribution >= 0.6 is 0 Å². The van der Waals surface area contributed by atoms with E-state index < -0.39 is 6.04 Å². The number of aryl methyl sites for hydroxylation is 1. The number of nitrogens with zero attached hydrogens (tertiary/aromatic N) is 2. The summed E-state index contributed by atoms with van der Waals surface area (Å²) in [6.07, 6.45) is 9.48. The summed E-state index contributed by atoms with van der Waals surface area (Å²) >= 11 is 0. The van der Waals surface area contributed by atoms with Crippen LogP contribution < -0.4 is 9.47 Å². The minimum absolute atomic E-state index is 0.0377. The van der Waals surface area contributed by atoms with Crippen molar-refractivity contribution in [2.75, 3.05) is 20.3 Å². The second-order valence-corrected chi connectivity index (χ2v) is 10.3. The summed E-state index contributed by atoms with van der Waals surface area (Å²) < 4.78 is 11.4. The van der Waals surface area contributed by atoms with Crippen LogP contribution in [0.3, 0.4) is 0 Å². The number of hydrogen-bond donors (Lipinski definition) is 0. The van der Waals surface area contributed by atoms with E-state index in [1.165, 1.54) is 24.0 Å². The molecule has 2 aliphatic carbocycles. The highest BCUT2D eigenvalue weighted by molar-refractivity contribution is 5.96. The predicted octanol–water partition coefficient (Wildman–Crippen LogP) is 5.61. The Kier molecular flexibility index (Phi) is 7.49. The molecule has 0 bridgehead atoms. The van der Waals surface area contributed by atoms with Crippen LogP contribution in [0.1, 0.15) is 87.1 Å². The summed E-state index contributed by atoms with van der Waals surface area (Å²) in [6.45, 7) is 2.63. The van der Waals surface area contributed by atoms with Gasteiger partial charge < -0.3 is 19.3 Å². The Bertz CT molecular complexity index is 1090. The standard InChI is InChI=1S/C30H38N2O4/c1-3-36-26-18-17-22(19-27(26)35-2)29-30(34)31(23-13-6-4-5-7-14-23)20-28(33)32(29)25-16-10-12-21-11-8-9-15-24(21)25/h8-9,11,15,17-19,23,25,29H,3-7,10,12-14,16,20H2,1-2H3/t25-,29-/m1/s1. The van der Waals surface area contributed by atoms with Crippen LogP contribution in [0.15, 0.2) is 42.5 Å². The zero-order valence-corrected chi connectivity index (χ0v) is 21.6. The summed E-state index contributed by atoms with van der Waals surface area (Å²) in [7, 11) is 1.61. The molecule has 0 unspecified atom stereocenters. The number of carbonyl (C=O) groups is 2. The van der Waals surface area contributed by atoms with Crippen molar-refractivity contribution in [2.24, 2.45) is 0 Å². The third-order valence-corrected chi connectivity index (χ3v) is 8.13. The maximum Gasteiger partial charge on any atom is 0.250 e. The van der Waals surface area contributed by atoms with E-state index in [9.17, 15) is 9.59 Å². The van der Waals surface area contributed by atoms with Crippen LogP contribution in [0, 0.1) is 0 Å². The van der Waals surface area contributed by atoms with Crippen LogP contribution in [-0.2, 0) is 16.0 Å². The van der Waals surface area contributed by atoms with Gasteiger partial charge in [0.25, 0.3) is 5.91 Å². The Morgan fingerprint density at radius 3 is 2.44 bits per heavy atom. The minimum atomic E-state index is -0.671. The van der Waals surface area contributed by atoms with Gasteiger partial charge in [-0.1, -0.05) is 56.0 Å². The third kappa shape index (κ3) is 4.70.